The van der Waals surface area contributed by atoms with Gasteiger partial charge in [-0.15, -0.1) is 0 Å². The monoisotopic (exact) mass is 597 g/mol. The van der Waals surface area contributed by atoms with E-state index >= 15 is 0 Å². The zero-order valence-corrected chi connectivity index (χ0v) is 24.7. The van der Waals surface area contributed by atoms with E-state index in [1.165, 1.54) is 0 Å². The Hall–Kier alpha value is -5.58. The Labute approximate surface area is 265 Å². The van der Waals surface area contributed by atoms with Gasteiger partial charge in [0.2, 0.25) is 0 Å². The highest BCUT2D eigenvalue weighted by Crippen LogP contribution is 2.63. The van der Waals surface area contributed by atoms with Gasteiger partial charge in [-0.25, -0.2) is 15.0 Å². The molecule has 7 aromatic rings. The number of fused-ring (bicyclic) bond motifs is 9. The second kappa shape index (κ2) is 9.98. The first-order chi connectivity index (χ1) is 22.2. The zero-order valence-electron chi connectivity index (χ0n) is 24.0. The minimum absolute atomic E-state index is 0.617. The molecule has 45 heavy (non-hydrogen) atoms. The molecule has 2 aliphatic rings. The van der Waals surface area contributed by atoms with Crippen LogP contribution in [-0.4, -0.2) is 15.0 Å². The molecule has 9 rings (SSSR count). The molecule has 1 spiro atoms. The van der Waals surface area contributed by atoms with E-state index in [1.54, 1.807) is 0 Å². The number of ether oxygens (including phenoxy) is 1. The lowest BCUT2D eigenvalue weighted by atomic mass is 9.66. The van der Waals surface area contributed by atoms with E-state index < -0.39 is 5.41 Å². The van der Waals surface area contributed by atoms with Crippen LogP contribution in [0.2, 0.25) is 5.02 Å². The number of halogens is 1. The van der Waals surface area contributed by atoms with Crippen molar-refractivity contribution in [1.82, 2.24) is 15.0 Å². The summed E-state index contributed by atoms with van der Waals surface area (Å²) in [7, 11) is 0. The summed E-state index contributed by atoms with van der Waals surface area (Å²) in [6.45, 7) is 0. The number of benzene rings is 6. The smallest absolute Gasteiger partial charge is 0.164 e. The third kappa shape index (κ3) is 3.83. The average molecular weight is 598 g/mol. The fourth-order valence-electron chi connectivity index (χ4n) is 7.03. The van der Waals surface area contributed by atoms with E-state index in [9.17, 15) is 0 Å². The molecule has 0 radical (unpaired) electrons. The zero-order chi connectivity index (χ0) is 30.0. The molecule has 1 aromatic heterocycles. The minimum atomic E-state index is -0.644. The second-order valence-electron chi connectivity index (χ2n) is 11.3. The Kier molecular flexibility index (Phi) is 5.74. The van der Waals surface area contributed by atoms with E-state index in [4.69, 9.17) is 31.3 Å². The standard InChI is InChI=1S/C40H24ClN3O/c41-27-22-23-28-33(24-27)40(30-17-7-9-20-34(30)45-35-21-10-8-18-31(35)40)32-19-11-16-29(36(28)32)39-43-37(25-12-3-1-4-13-25)42-38(44-39)26-14-5-2-6-15-26/h1-24H. The Morgan fingerprint density at radius 1 is 0.444 bits per heavy atom. The van der Waals surface area contributed by atoms with Crippen LogP contribution in [0, 0.1) is 0 Å². The summed E-state index contributed by atoms with van der Waals surface area (Å²) in [5, 5.41) is 0.682. The first-order valence-corrected chi connectivity index (χ1v) is 15.3. The second-order valence-corrected chi connectivity index (χ2v) is 11.7. The van der Waals surface area contributed by atoms with Crippen LogP contribution >= 0.6 is 11.6 Å². The number of nitrogens with zero attached hydrogens (tertiary/aromatic N) is 3. The van der Waals surface area contributed by atoms with Crippen molar-refractivity contribution in [1.29, 1.82) is 0 Å². The number of para-hydroxylation sites is 2. The lowest BCUT2D eigenvalue weighted by molar-refractivity contribution is 0.436. The third-order valence-electron chi connectivity index (χ3n) is 8.87. The minimum Gasteiger partial charge on any atom is -0.457 e. The fraction of sp³-hybridized carbons (Fsp3) is 0.0250. The molecule has 0 N–H and O–H groups in total. The van der Waals surface area contributed by atoms with Gasteiger partial charge in [-0.1, -0.05) is 133 Å². The van der Waals surface area contributed by atoms with Gasteiger partial charge in [0, 0.05) is 32.8 Å². The molecule has 0 saturated carbocycles. The van der Waals surface area contributed by atoms with Crippen molar-refractivity contribution < 1.29 is 4.74 Å². The third-order valence-corrected chi connectivity index (χ3v) is 9.10. The molecule has 1 aliphatic carbocycles. The molecule has 1 aliphatic heterocycles. The maximum absolute atomic E-state index is 6.79. The molecule has 0 unspecified atom stereocenters. The quantitative estimate of drug-likeness (QED) is 0.203. The SMILES string of the molecule is Clc1ccc2c(c1)C1(c3ccccc3Oc3ccccc31)c1cccc(-c3nc(-c4ccccc4)nc(-c4ccccc4)n3)c1-2. The van der Waals surface area contributed by atoms with Crippen LogP contribution in [0.5, 0.6) is 11.5 Å². The topological polar surface area (TPSA) is 47.9 Å². The van der Waals surface area contributed by atoms with E-state index in [1.807, 2.05) is 91.0 Å². The van der Waals surface area contributed by atoms with Crippen molar-refractivity contribution in [3.8, 4) is 56.8 Å². The van der Waals surface area contributed by atoms with Crippen LogP contribution in [0.1, 0.15) is 22.3 Å². The maximum atomic E-state index is 6.79. The molecule has 0 fully saturated rings. The van der Waals surface area contributed by atoms with Crippen molar-refractivity contribution in [2.24, 2.45) is 0 Å². The molecule has 0 amide bonds. The molecular formula is C40H24ClN3O. The average Bonchev–Trinajstić information content (AvgIpc) is 3.39. The number of rotatable bonds is 3. The molecule has 0 bridgehead atoms. The highest BCUT2D eigenvalue weighted by molar-refractivity contribution is 6.30. The van der Waals surface area contributed by atoms with Crippen molar-refractivity contribution in [2.45, 2.75) is 5.41 Å². The predicted octanol–water partition coefficient (Wildman–Crippen LogP) is 9.99. The Bertz CT molecular complexity index is 2160. The van der Waals surface area contributed by atoms with E-state index in [0.717, 1.165) is 61.6 Å². The van der Waals surface area contributed by atoms with Crippen LogP contribution in [0.3, 0.4) is 0 Å². The molecule has 5 heteroatoms. The predicted molar refractivity (Wildman–Crippen MR) is 179 cm³/mol. The van der Waals surface area contributed by atoms with Crippen LogP contribution in [0.4, 0.5) is 0 Å². The summed E-state index contributed by atoms with van der Waals surface area (Å²) < 4.78 is 6.50. The van der Waals surface area contributed by atoms with Gasteiger partial charge in [0.15, 0.2) is 17.5 Å². The first-order valence-electron chi connectivity index (χ1n) is 14.9. The van der Waals surface area contributed by atoms with Crippen molar-refractivity contribution >= 4 is 11.6 Å². The summed E-state index contributed by atoms with van der Waals surface area (Å²) >= 11 is 6.79. The molecule has 2 heterocycles. The van der Waals surface area contributed by atoms with Crippen LogP contribution in [0.15, 0.2) is 146 Å². The summed E-state index contributed by atoms with van der Waals surface area (Å²) in [5.41, 5.74) is 8.75. The lowest BCUT2D eigenvalue weighted by Crippen LogP contribution is -2.32. The fourth-order valence-corrected chi connectivity index (χ4v) is 7.21. The lowest BCUT2D eigenvalue weighted by Gasteiger charge is -2.39. The Morgan fingerprint density at radius 2 is 0.978 bits per heavy atom. The van der Waals surface area contributed by atoms with Crippen molar-refractivity contribution in [3.05, 3.63) is 173 Å². The van der Waals surface area contributed by atoms with Crippen LogP contribution < -0.4 is 4.74 Å². The number of hydrogen-bond donors (Lipinski definition) is 0. The van der Waals surface area contributed by atoms with Crippen LogP contribution in [-0.2, 0) is 5.41 Å². The molecule has 212 valence electrons. The van der Waals surface area contributed by atoms with Gasteiger partial charge in [0.05, 0.1) is 5.41 Å². The molecule has 6 aromatic carbocycles. The van der Waals surface area contributed by atoms with E-state index in [-0.39, 0.29) is 0 Å². The van der Waals surface area contributed by atoms with Gasteiger partial charge in [-0.3, -0.25) is 0 Å². The van der Waals surface area contributed by atoms with Gasteiger partial charge in [0.25, 0.3) is 0 Å². The van der Waals surface area contributed by atoms with E-state index in [0.29, 0.717) is 22.5 Å². The largest absolute Gasteiger partial charge is 0.457 e. The summed E-state index contributed by atoms with van der Waals surface area (Å²) in [5.74, 6) is 3.54. The normalized spacial score (nSPS) is 13.4. The van der Waals surface area contributed by atoms with Crippen LogP contribution in [0.25, 0.3) is 45.3 Å². The molecular weight excluding hydrogens is 574 g/mol. The van der Waals surface area contributed by atoms with Gasteiger partial charge < -0.3 is 4.74 Å². The summed E-state index contributed by atoms with van der Waals surface area (Å²) in [4.78, 5) is 15.2. The number of aromatic nitrogens is 3. The van der Waals surface area contributed by atoms with Gasteiger partial charge in [0.1, 0.15) is 11.5 Å². The highest BCUT2D eigenvalue weighted by atomic mass is 35.5. The van der Waals surface area contributed by atoms with Crippen molar-refractivity contribution in [3.63, 3.8) is 0 Å². The first kappa shape index (κ1) is 25.9. The van der Waals surface area contributed by atoms with Gasteiger partial charge in [-0.2, -0.15) is 0 Å². The van der Waals surface area contributed by atoms with E-state index in [2.05, 4.69) is 54.6 Å². The summed E-state index contributed by atoms with van der Waals surface area (Å²) in [6.07, 6.45) is 0. The highest BCUT2D eigenvalue weighted by Gasteiger charge is 2.51. The molecule has 4 nitrogen and oxygen atoms in total. The Balaban J connectivity index is 1.38. The van der Waals surface area contributed by atoms with Gasteiger partial charge in [-0.05, 0) is 46.5 Å². The Morgan fingerprint density at radius 3 is 1.60 bits per heavy atom. The number of hydrogen-bond acceptors (Lipinski definition) is 4. The van der Waals surface area contributed by atoms with Gasteiger partial charge >= 0.3 is 0 Å². The summed E-state index contributed by atoms with van der Waals surface area (Å²) in [6, 6.07) is 49.4. The maximum Gasteiger partial charge on any atom is 0.164 e. The molecule has 0 saturated heterocycles. The molecule has 0 atom stereocenters. The van der Waals surface area contributed by atoms with Crippen molar-refractivity contribution in [2.75, 3.05) is 0 Å².